The van der Waals surface area contributed by atoms with E-state index in [1.54, 1.807) is 0 Å². The summed E-state index contributed by atoms with van der Waals surface area (Å²) in [5.41, 5.74) is 0.186. The van der Waals surface area contributed by atoms with Crippen molar-refractivity contribution in [2.24, 2.45) is 5.41 Å². The van der Waals surface area contributed by atoms with Gasteiger partial charge in [0, 0.05) is 25.3 Å². The zero-order valence-corrected chi connectivity index (χ0v) is 10.4. The Balaban J connectivity index is 2.50. The Hall–Kier alpha value is -0.120. The third-order valence-electron chi connectivity index (χ3n) is 3.25. The van der Waals surface area contributed by atoms with Gasteiger partial charge in [0.25, 0.3) is 0 Å². The molecule has 0 aromatic heterocycles. The maximum Gasteiger partial charge on any atom is 0.0700 e. The summed E-state index contributed by atoms with van der Waals surface area (Å²) in [6.07, 6.45) is 2.19. The monoisotopic (exact) mass is 215 g/mol. The molecule has 0 saturated carbocycles. The Bertz CT molecular complexity index is 189. The van der Waals surface area contributed by atoms with Crippen LogP contribution in [0.4, 0.5) is 0 Å². The number of rotatable bonds is 4. The highest BCUT2D eigenvalue weighted by atomic mass is 16.5. The average molecular weight is 215 g/mol. The van der Waals surface area contributed by atoms with E-state index in [9.17, 15) is 0 Å². The van der Waals surface area contributed by atoms with Gasteiger partial charge in [0.1, 0.15) is 0 Å². The second-order valence-electron chi connectivity index (χ2n) is 5.57. The molecular weight excluding hydrogens is 190 g/mol. The molecular formula is C12H25NO2. The molecule has 1 fully saturated rings. The van der Waals surface area contributed by atoms with Gasteiger partial charge in [-0.2, -0.15) is 0 Å². The third-order valence-corrected chi connectivity index (χ3v) is 3.25. The summed E-state index contributed by atoms with van der Waals surface area (Å²) in [6, 6.07) is 0.803. The Morgan fingerprint density at radius 1 is 1.47 bits per heavy atom. The minimum absolute atomic E-state index is 0.186. The first kappa shape index (κ1) is 12.9. The summed E-state index contributed by atoms with van der Waals surface area (Å²) in [4.78, 5) is 0. The standard InChI is InChI=1S/C12H25NO2/c1-9-10(6-8-15-9)13-11(5-7-14)12(2,3)4/h9-11,13-14H,5-8H2,1-4H3. The van der Waals surface area contributed by atoms with E-state index < -0.39 is 0 Å². The number of aliphatic hydroxyl groups is 1. The molecule has 2 N–H and O–H groups in total. The van der Waals surface area contributed by atoms with Crippen molar-refractivity contribution in [2.45, 2.75) is 58.7 Å². The summed E-state index contributed by atoms with van der Waals surface area (Å²) in [6.45, 7) is 9.84. The molecule has 0 spiro atoms. The first-order chi connectivity index (χ1) is 6.95. The van der Waals surface area contributed by atoms with Gasteiger partial charge in [0.05, 0.1) is 6.10 Å². The molecule has 3 nitrogen and oxygen atoms in total. The summed E-state index contributed by atoms with van der Waals surface area (Å²) in [5.74, 6) is 0. The Morgan fingerprint density at radius 2 is 2.13 bits per heavy atom. The zero-order chi connectivity index (χ0) is 11.5. The second kappa shape index (κ2) is 5.28. The van der Waals surface area contributed by atoms with Crippen molar-refractivity contribution >= 4 is 0 Å². The van der Waals surface area contributed by atoms with Crippen LogP contribution in [0, 0.1) is 5.41 Å². The predicted molar refractivity (Wildman–Crippen MR) is 61.9 cm³/mol. The van der Waals surface area contributed by atoms with E-state index in [0.29, 0.717) is 18.2 Å². The van der Waals surface area contributed by atoms with E-state index in [2.05, 4.69) is 33.0 Å². The van der Waals surface area contributed by atoms with Crippen molar-refractivity contribution in [3.8, 4) is 0 Å². The van der Waals surface area contributed by atoms with E-state index in [-0.39, 0.29) is 12.0 Å². The normalized spacial score (nSPS) is 29.4. The molecule has 0 aliphatic carbocycles. The lowest BCUT2D eigenvalue weighted by molar-refractivity contribution is 0.101. The van der Waals surface area contributed by atoms with Crippen LogP contribution >= 0.6 is 0 Å². The second-order valence-corrected chi connectivity index (χ2v) is 5.57. The lowest BCUT2D eigenvalue weighted by Gasteiger charge is -2.34. The smallest absolute Gasteiger partial charge is 0.0700 e. The summed E-state index contributed by atoms with van der Waals surface area (Å²) in [5, 5.41) is 12.7. The lowest BCUT2D eigenvalue weighted by Crippen LogP contribution is -2.48. The summed E-state index contributed by atoms with van der Waals surface area (Å²) in [7, 11) is 0. The van der Waals surface area contributed by atoms with Gasteiger partial charge in [-0.25, -0.2) is 0 Å². The van der Waals surface area contributed by atoms with Gasteiger partial charge in [-0.05, 0) is 25.2 Å². The molecule has 3 unspecified atom stereocenters. The molecule has 0 radical (unpaired) electrons. The van der Waals surface area contributed by atoms with Crippen LogP contribution in [0.5, 0.6) is 0 Å². The first-order valence-corrected chi connectivity index (χ1v) is 5.93. The van der Waals surface area contributed by atoms with Gasteiger partial charge in [0.2, 0.25) is 0 Å². The number of aliphatic hydroxyl groups excluding tert-OH is 1. The summed E-state index contributed by atoms with van der Waals surface area (Å²) < 4.78 is 5.53. The summed E-state index contributed by atoms with van der Waals surface area (Å²) >= 11 is 0. The minimum Gasteiger partial charge on any atom is -0.396 e. The van der Waals surface area contributed by atoms with Gasteiger partial charge in [-0.15, -0.1) is 0 Å². The molecule has 1 aliphatic heterocycles. The van der Waals surface area contributed by atoms with Crippen LogP contribution in [-0.2, 0) is 4.74 Å². The van der Waals surface area contributed by atoms with Crippen LogP contribution in [0.3, 0.4) is 0 Å². The Labute approximate surface area is 93.2 Å². The van der Waals surface area contributed by atoms with Crippen molar-refractivity contribution in [3.63, 3.8) is 0 Å². The van der Waals surface area contributed by atoms with E-state index >= 15 is 0 Å². The van der Waals surface area contributed by atoms with Crippen molar-refractivity contribution in [3.05, 3.63) is 0 Å². The van der Waals surface area contributed by atoms with E-state index in [4.69, 9.17) is 9.84 Å². The first-order valence-electron chi connectivity index (χ1n) is 5.93. The molecule has 0 amide bonds. The largest absolute Gasteiger partial charge is 0.396 e. The highest BCUT2D eigenvalue weighted by Crippen LogP contribution is 2.24. The number of ether oxygens (including phenoxy) is 1. The molecule has 0 aromatic carbocycles. The van der Waals surface area contributed by atoms with Crippen LogP contribution in [0.2, 0.25) is 0 Å². The molecule has 1 rings (SSSR count). The fourth-order valence-electron chi connectivity index (χ4n) is 2.10. The highest BCUT2D eigenvalue weighted by Gasteiger charge is 2.31. The van der Waals surface area contributed by atoms with Gasteiger partial charge >= 0.3 is 0 Å². The average Bonchev–Trinajstić information content (AvgIpc) is 2.49. The Morgan fingerprint density at radius 3 is 2.53 bits per heavy atom. The van der Waals surface area contributed by atoms with Crippen molar-refractivity contribution in [1.82, 2.24) is 5.32 Å². The molecule has 1 saturated heterocycles. The van der Waals surface area contributed by atoms with Crippen molar-refractivity contribution in [1.29, 1.82) is 0 Å². The van der Waals surface area contributed by atoms with Crippen LogP contribution in [0.15, 0.2) is 0 Å². The lowest BCUT2D eigenvalue weighted by atomic mass is 9.84. The van der Waals surface area contributed by atoms with Crippen molar-refractivity contribution in [2.75, 3.05) is 13.2 Å². The highest BCUT2D eigenvalue weighted by molar-refractivity contribution is 4.88. The molecule has 1 aliphatic rings. The third kappa shape index (κ3) is 3.74. The molecule has 0 bridgehead atoms. The molecule has 90 valence electrons. The maximum absolute atomic E-state index is 9.07. The van der Waals surface area contributed by atoms with Crippen LogP contribution in [0.1, 0.15) is 40.5 Å². The van der Waals surface area contributed by atoms with Crippen LogP contribution < -0.4 is 5.32 Å². The van der Waals surface area contributed by atoms with Crippen molar-refractivity contribution < 1.29 is 9.84 Å². The fraction of sp³-hybridized carbons (Fsp3) is 1.00. The minimum atomic E-state index is 0.186. The maximum atomic E-state index is 9.07. The quantitative estimate of drug-likeness (QED) is 0.747. The molecule has 0 aromatic rings. The number of hydrogen-bond donors (Lipinski definition) is 2. The molecule has 1 heterocycles. The van der Waals surface area contributed by atoms with E-state index in [0.717, 1.165) is 19.4 Å². The van der Waals surface area contributed by atoms with Crippen LogP contribution in [0.25, 0.3) is 0 Å². The van der Waals surface area contributed by atoms with E-state index in [1.807, 2.05) is 0 Å². The molecule has 15 heavy (non-hydrogen) atoms. The van der Waals surface area contributed by atoms with Gasteiger partial charge in [0.15, 0.2) is 0 Å². The van der Waals surface area contributed by atoms with E-state index in [1.165, 1.54) is 0 Å². The molecule has 3 atom stereocenters. The number of nitrogens with one attached hydrogen (secondary N) is 1. The topological polar surface area (TPSA) is 41.5 Å². The predicted octanol–water partition coefficient (Wildman–Crippen LogP) is 1.55. The zero-order valence-electron chi connectivity index (χ0n) is 10.4. The van der Waals surface area contributed by atoms with Gasteiger partial charge in [-0.3, -0.25) is 0 Å². The van der Waals surface area contributed by atoms with Gasteiger partial charge in [-0.1, -0.05) is 20.8 Å². The number of hydrogen-bond acceptors (Lipinski definition) is 3. The Kier molecular flexibility index (Phi) is 4.56. The van der Waals surface area contributed by atoms with Crippen LogP contribution in [-0.4, -0.2) is 36.5 Å². The SMILES string of the molecule is CC1OCCC1NC(CCO)C(C)(C)C. The van der Waals surface area contributed by atoms with Gasteiger partial charge < -0.3 is 15.2 Å². The molecule has 3 heteroatoms. The fourth-order valence-corrected chi connectivity index (χ4v) is 2.10.